The molecule has 0 fully saturated rings. The van der Waals surface area contributed by atoms with Gasteiger partial charge in [0.25, 0.3) is 5.91 Å². The fourth-order valence-corrected chi connectivity index (χ4v) is 2.01. The number of anilines is 1. The van der Waals surface area contributed by atoms with E-state index in [9.17, 15) is 14.7 Å². The van der Waals surface area contributed by atoms with Crippen molar-refractivity contribution in [3.63, 3.8) is 0 Å². The van der Waals surface area contributed by atoms with E-state index in [-0.39, 0.29) is 23.1 Å². The third-order valence-corrected chi connectivity index (χ3v) is 3.25. The molecule has 22 heavy (non-hydrogen) atoms. The molecule has 0 aliphatic rings. The Labute approximate surface area is 129 Å². The summed E-state index contributed by atoms with van der Waals surface area (Å²) in [6.45, 7) is 1.84. The minimum Gasteiger partial charge on any atom is -0.507 e. The van der Waals surface area contributed by atoms with Crippen molar-refractivity contribution in [2.24, 2.45) is 0 Å². The second kappa shape index (κ2) is 6.76. The fraction of sp³-hybridized carbons (Fsp3) is 0.176. The molecule has 2 aromatic rings. The van der Waals surface area contributed by atoms with E-state index in [0.29, 0.717) is 12.1 Å². The molecule has 0 radical (unpaired) electrons. The number of carbonyl (C=O) groups is 2. The first-order chi connectivity index (χ1) is 10.5. The highest BCUT2D eigenvalue weighted by molar-refractivity contribution is 6.06. The number of carbonyl (C=O) groups excluding carboxylic acids is 2. The van der Waals surface area contributed by atoms with E-state index in [1.165, 1.54) is 0 Å². The summed E-state index contributed by atoms with van der Waals surface area (Å²) < 4.78 is 0. The van der Waals surface area contributed by atoms with Crippen molar-refractivity contribution in [2.75, 3.05) is 12.4 Å². The molecule has 2 aromatic carbocycles. The standard InChI is InChI=1S/C17H18N2O3/c1-11-3-8-14(15(20)9-11)17(22)19-13-6-4-12(5-7-13)10-16(21)18-2/h3-9,20H,10H2,1-2H3,(H,18,21)(H,19,22). The van der Waals surface area contributed by atoms with Crippen molar-refractivity contribution >= 4 is 17.5 Å². The molecule has 3 N–H and O–H groups in total. The number of hydrogen-bond acceptors (Lipinski definition) is 3. The van der Waals surface area contributed by atoms with Gasteiger partial charge in [0.1, 0.15) is 5.75 Å². The Morgan fingerprint density at radius 3 is 2.36 bits per heavy atom. The Balaban J connectivity index is 2.07. The van der Waals surface area contributed by atoms with Gasteiger partial charge in [-0.25, -0.2) is 0 Å². The van der Waals surface area contributed by atoms with E-state index in [1.54, 1.807) is 49.5 Å². The molecule has 0 aliphatic carbocycles. The molecule has 5 nitrogen and oxygen atoms in total. The molecule has 0 saturated heterocycles. The molecule has 2 rings (SSSR count). The molecule has 5 heteroatoms. The molecule has 0 saturated carbocycles. The third-order valence-electron chi connectivity index (χ3n) is 3.25. The second-order valence-corrected chi connectivity index (χ2v) is 5.02. The van der Waals surface area contributed by atoms with Crippen molar-refractivity contribution in [2.45, 2.75) is 13.3 Å². The molecule has 0 atom stereocenters. The minimum absolute atomic E-state index is 0.0475. The highest BCUT2D eigenvalue weighted by atomic mass is 16.3. The number of benzene rings is 2. The zero-order valence-electron chi connectivity index (χ0n) is 12.5. The Morgan fingerprint density at radius 2 is 1.77 bits per heavy atom. The maximum absolute atomic E-state index is 12.1. The van der Waals surface area contributed by atoms with Crippen molar-refractivity contribution in [1.82, 2.24) is 5.32 Å². The second-order valence-electron chi connectivity index (χ2n) is 5.02. The van der Waals surface area contributed by atoms with Crippen LogP contribution in [0.2, 0.25) is 0 Å². The number of phenols is 1. The first-order valence-corrected chi connectivity index (χ1v) is 6.90. The van der Waals surface area contributed by atoms with E-state index in [0.717, 1.165) is 11.1 Å². The number of aryl methyl sites for hydroxylation is 1. The maximum Gasteiger partial charge on any atom is 0.259 e. The summed E-state index contributed by atoms with van der Waals surface area (Å²) in [4.78, 5) is 23.4. The Kier molecular flexibility index (Phi) is 4.78. The normalized spacial score (nSPS) is 10.1. The number of amides is 2. The summed E-state index contributed by atoms with van der Waals surface area (Å²) in [6, 6.07) is 11.9. The van der Waals surface area contributed by atoms with Crippen LogP contribution in [-0.4, -0.2) is 24.0 Å². The maximum atomic E-state index is 12.1. The van der Waals surface area contributed by atoms with Crippen LogP contribution in [0.4, 0.5) is 5.69 Å². The third kappa shape index (κ3) is 3.85. The molecule has 0 bridgehead atoms. The van der Waals surface area contributed by atoms with Gasteiger partial charge in [0.2, 0.25) is 5.91 Å². The minimum atomic E-state index is -0.378. The molecule has 2 amide bonds. The smallest absolute Gasteiger partial charge is 0.259 e. The first-order valence-electron chi connectivity index (χ1n) is 6.90. The fourth-order valence-electron chi connectivity index (χ4n) is 2.01. The van der Waals surface area contributed by atoms with E-state index >= 15 is 0 Å². The van der Waals surface area contributed by atoms with Gasteiger partial charge in [-0.2, -0.15) is 0 Å². The first kappa shape index (κ1) is 15.6. The summed E-state index contributed by atoms with van der Waals surface area (Å²) in [5, 5.41) is 15.1. The van der Waals surface area contributed by atoms with E-state index in [2.05, 4.69) is 10.6 Å². The molecule has 0 aromatic heterocycles. The van der Waals surface area contributed by atoms with Crippen LogP contribution in [0, 0.1) is 6.92 Å². The van der Waals surface area contributed by atoms with Gasteiger partial charge in [0.05, 0.1) is 12.0 Å². The van der Waals surface area contributed by atoms with Gasteiger partial charge in [0, 0.05) is 12.7 Å². The summed E-state index contributed by atoms with van der Waals surface area (Å²) >= 11 is 0. The zero-order chi connectivity index (χ0) is 16.1. The van der Waals surface area contributed by atoms with E-state index in [1.807, 2.05) is 6.92 Å². The van der Waals surface area contributed by atoms with Crippen LogP contribution in [0.1, 0.15) is 21.5 Å². The predicted octanol–water partition coefficient (Wildman–Crippen LogP) is 2.24. The number of phenolic OH excluding ortho intramolecular Hbond substituents is 1. The van der Waals surface area contributed by atoms with Crippen molar-refractivity contribution in [3.8, 4) is 5.75 Å². The van der Waals surface area contributed by atoms with Crippen LogP contribution in [0.25, 0.3) is 0 Å². The van der Waals surface area contributed by atoms with Crippen LogP contribution in [-0.2, 0) is 11.2 Å². The number of hydrogen-bond donors (Lipinski definition) is 3. The van der Waals surface area contributed by atoms with Gasteiger partial charge in [-0.3, -0.25) is 9.59 Å². The highest BCUT2D eigenvalue weighted by Crippen LogP contribution is 2.20. The summed E-state index contributed by atoms with van der Waals surface area (Å²) in [6.07, 6.45) is 0.295. The van der Waals surface area contributed by atoms with Crippen molar-refractivity contribution in [1.29, 1.82) is 0 Å². The van der Waals surface area contributed by atoms with E-state index < -0.39 is 0 Å². The summed E-state index contributed by atoms with van der Waals surface area (Å²) in [7, 11) is 1.59. The van der Waals surface area contributed by atoms with Crippen LogP contribution >= 0.6 is 0 Å². The summed E-state index contributed by atoms with van der Waals surface area (Å²) in [5.74, 6) is -0.494. The van der Waals surface area contributed by atoms with Crippen molar-refractivity contribution in [3.05, 3.63) is 59.2 Å². The molecule has 0 unspecified atom stereocenters. The van der Waals surface area contributed by atoms with Gasteiger partial charge in [-0.15, -0.1) is 0 Å². The lowest BCUT2D eigenvalue weighted by Gasteiger charge is -2.08. The lowest BCUT2D eigenvalue weighted by atomic mass is 10.1. The van der Waals surface area contributed by atoms with Gasteiger partial charge in [0.15, 0.2) is 0 Å². The predicted molar refractivity (Wildman–Crippen MR) is 85.0 cm³/mol. The average molecular weight is 298 g/mol. The Bertz CT molecular complexity index is 694. The number of likely N-dealkylation sites (N-methyl/N-ethyl adjacent to an activating group) is 1. The lowest BCUT2D eigenvalue weighted by molar-refractivity contribution is -0.119. The molecular formula is C17H18N2O3. The Hall–Kier alpha value is -2.82. The quantitative estimate of drug-likeness (QED) is 0.810. The highest BCUT2D eigenvalue weighted by Gasteiger charge is 2.11. The van der Waals surface area contributed by atoms with Crippen LogP contribution in [0.3, 0.4) is 0 Å². The monoisotopic (exact) mass is 298 g/mol. The van der Waals surface area contributed by atoms with Gasteiger partial charge in [-0.05, 0) is 42.3 Å². The number of rotatable bonds is 4. The SMILES string of the molecule is CNC(=O)Cc1ccc(NC(=O)c2ccc(C)cc2O)cc1. The topological polar surface area (TPSA) is 78.4 Å². The van der Waals surface area contributed by atoms with Crippen LogP contribution in [0.15, 0.2) is 42.5 Å². The molecule has 114 valence electrons. The van der Waals surface area contributed by atoms with Crippen LogP contribution < -0.4 is 10.6 Å². The number of nitrogens with one attached hydrogen (secondary N) is 2. The lowest BCUT2D eigenvalue weighted by Crippen LogP contribution is -2.19. The van der Waals surface area contributed by atoms with Gasteiger partial charge < -0.3 is 15.7 Å². The number of aromatic hydroxyl groups is 1. The molecule has 0 aliphatic heterocycles. The van der Waals surface area contributed by atoms with Crippen LogP contribution in [0.5, 0.6) is 5.75 Å². The average Bonchev–Trinajstić information content (AvgIpc) is 2.49. The molecule has 0 heterocycles. The zero-order valence-corrected chi connectivity index (χ0v) is 12.5. The van der Waals surface area contributed by atoms with Gasteiger partial charge >= 0.3 is 0 Å². The van der Waals surface area contributed by atoms with E-state index in [4.69, 9.17) is 0 Å². The Morgan fingerprint density at radius 1 is 1.09 bits per heavy atom. The van der Waals surface area contributed by atoms with Crippen molar-refractivity contribution < 1.29 is 14.7 Å². The molecular weight excluding hydrogens is 280 g/mol. The molecule has 0 spiro atoms. The largest absolute Gasteiger partial charge is 0.507 e. The van der Waals surface area contributed by atoms with Gasteiger partial charge in [-0.1, -0.05) is 18.2 Å². The summed E-state index contributed by atoms with van der Waals surface area (Å²) in [5.41, 5.74) is 2.56.